The molecule has 1 aliphatic rings. The maximum absolute atomic E-state index is 13.3. The quantitative estimate of drug-likeness (QED) is 0.349. The van der Waals surface area contributed by atoms with Crippen LogP contribution in [-0.2, 0) is 32.7 Å². The monoisotopic (exact) mass is 488 g/mol. The van der Waals surface area contributed by atoms with Crippen molar-refractivity contribution in [2.75, 3.05) is 25.6 Å². The summed E-state index contributed by atoms with van der Waals surface area (Å²) in [5.74, 6) is -4.35. The highest BCUT2D eigenvalue weighted by atomic mass is 31.2. The Morgan fingerprint density at radius 3 is 2.55 bits per heavy atom. The number of esters is 1. The van der Waals surface area contributed by atoms with Crippen LogP contribution >= 0.6 is 7.60 Å². The largest absolute Gasteiger partial charge is 0.479 e. The first-order valence-corrected chi connectivity index (χ1v) is 11.8. The van der Waals surface area contributed by atoms with Crippen molar-refractivity contribution in [1.29, 1.82) is 0 Å². The molecule has 3 unspecified atom stereocenters. The van der Waals surface area contributed by atoms with Gasteiger partial charge in [-0.25, -0.2) is 9.48 Å². The minimum Gasteiger partial charge on any atom is -0.479 e. The number of anilines is 1. The smallest absolute Gasteiger partial charge is 0.366 e. The van der Waals surface area contributed by atoms with Gasteiger partial charge in [0, 0.05) is 6.92 Å². The van der Waals surface area contributed by atoms with Gasteiger partial charge in [0.2, 0.25) is 0 Å². The molecule has 0 radical (unpaired) electrons. The molecule has 0 aliphatic carbocycles. The third-order valence-electron chi connectivity index (χ3n) is 4.76. The first-order chi connectivity index (χ1) is 15.6. The highest BCUT2D eigenvalue weighted by Crippen LogP contribution is 2.59. The van der Waals surface area contributed by atoms with Crippen LogP contribution in [0.4, 0.5) is 5.82 Å². The van der Waals surface area contributed by atoms with Crippen molar-refractivity contribution >= 4 is 36.4 Å². The van der Waals surface area contributed by atoms with Crippen LogP contribution in [0.5, 0.6) is 0 Å². The van der Waals surface area contributed by atoms with E-state index in [9.17, 15) is 24.1 Å². The van der Waals surface area contributed by atoms with Gasteiger partial charge in [0.1, 0.15) is 6.61 Å². The molecule has 0 aromatic carbocycles. The minimum absolute atomic E-state index is 0.00806. The predicted octanol–water partition coefficient (Wildman–Crippen LogP) is 0.660. The van der Waals surface area contributed by atoms with E-state index in [2.05, 4.69) is 15.4 Å². The molecule has 16 heteroatoms. The number of hydrogen-bond donors (Lipinski definition) is 2. The van der Waals surface area contributed by atoms with E-state index in [1.807, 2.05) is 0 Å². The van der Waals surface area contributed by atoms with E-state index in [-0.39, 0.29) is 36.7 Å². The van der Waals surface area contributed by atoms with Crippen LogP contribution in [0.2, 0.25) is 0 Å². The number of carboxylic acids is 1. The average molecular weight is 488 g/mol. The second kappa shape index (κ2) is 9.95. The maximum atomic E-state index is 13.3. The number of nitrogens with zero attached hydrogens (tertiary/aromatic N) is 5. The summed E-state index contributed by atoms with van der Waals surface area (Å²) in [7, 11) is -4.32. The first kappa shape index (κ1) is 24.8. The summed E-state index contributed by atoms with van der Waals surface area (Å²) in [6.07, 6.45) is -0.476. The fourth-order valence-corrected chi connectivity index (χ4v) is 5.24. The molecule has 3 heterocycles. The number of ether oxygens (including phenoxy) is 2. The molecule has 2 aromatic heterocycles. The number of carbonyl (C=O) groups is 2. The fourth-order valence-electron chi connectivity index (χ4n) is 3.46. The normalized spacial score (nSPS) is 19.6. The van der Waals surface area contributed by atoms with Crippen LogP contribution in [0.1, 0.15) is 45.6 Å². The van der Waals surface area contributed by atoms with E-state index < -0.39 is 43.2 Å². The molecule has 0 bridgehead atoms. The zero-order valence-electron chi connectivity index (χ0n) is 18.2. The van der Waals surface area contributed by atoms with Crippen molar-refractivity contribution in [3.05, 3.63) is 10.4 Å². The highest BCUT2D eigenvalue weighted by Gasteiger charge is 2.45. The number of carbonyl (C=O) groups excluding carboxylic acids is 1. The number of aliphatic carboxylic acids is 1. The van der Waals surface area contributed by atoms with Crippen LogP contribution in [0.15, 0.2) is 4.79 Å². The standard InChI is InChI=1S/C17H25N6O9P/c1-4-30-33(28,31-5-2)16(17(26)27)23-13-12(14(18)20-23)19-21-22(15(13)25)11-7-6-10(32-11)8-29-9(3)24/h10-11,16H,4-8H2,1-3H3,(H2,18,20)(H,26,27). The van der Waals surface area contributed by atoms with E-state index in [0.717, 1.165) is 4.68 Å². The van der Waals surface area contributed by atoms with E-state index in [1.165, 1.54) is 20.8 Å². The number of carboxylic acid groups (broad SMARTS) is 1. The third kappa shape index (κ3) is 4.90. The third-order valence-corrected chi connectivity index (χ3v) is 7.04. The molecule has 1 saturated heterocycles. The van der Waals surface area contributed by atoms with E-state index >= 15 is 0 Å². The Kier molecular flexibility index (Phi) is 7.47. The summed E-state index contributed by atoms with van der Waals surface area (Å²) in [5.41, 5.74) is 4.51. The second-order valence-corrected chi connectivity index (χ2v) is 9.13. The van der Waals surface area contributed by atoms with Gasteiger partial charge < -0.3 is 29.4 Å². The van der Waals surface area contributed by atoms with Crippen LogP contribution in [0.3, 0.4) is 0 Å². The van der Waals surface area contributed by atoms with Crippen molar-refractivity contribution in [3.8, 4) is 0 Å². The van der Waals surface area contributed by atoms with Crippen LogP contribution in [0, 0.1) is 0 Å². The first-order valence-electron chi connectivity index (χ1n) is 10.2. The SMILES string of the molecule is CCOP(=O)(OCC)C(C(=O)O)n1nc(N)c2nnn(C3CCC(COC(C)=O)O3)c(=O)c21. The van der Waals surface area contributed by atoms with Crippen molar-refractivity contribution in [3.63, 3.8) is 0 Å². The topological polar surface area (TPSA) is 200 Å². The Bertz CT molecular complexity index is 1140. The number of rotatable bonds is 10. The van der Waals surface area contributed by atoms with Crippen molar-refractivity contribution < 1.29 is 37.8 Å². The molecule has 2 aromatic rings. The lowest BCUT2D eigenvalue weighted by Crippen LogP contribution is -2.32. The average Bonchev–Trinajstić information content (AvgIpc) is 3.32. The lowest BCUT2D eigenvalue weighted by atomic mass is 10.2. The predicted molar refractivity (Wildman–Crippen MR) is 111 cm³/mol. The van der Waals surface area contributed by atoms with Crippen LogP contribution < -0.4 is 11.3 Å². The zero-order valence-corrected chi connectivity index (χ0v) is 19.1. The summed E-state index contributed by atoms with van der Waals surface area (Å²) in [6, 6.07) is 0. The molecule has 15 nitrogen and oxygen atoms in total. The second-order valence-electron chi connectivity index (χ2n) is 7.05. The molecule has 1 aliphatic heterocycles. The van der Waals surface area contributed by atoms with Gasteiger partial charge in [-0.15, -0.1) is 5.10 Å². The number of nitrogens with two attached hydrogens (primary N) is 1. The Hall–Kier alpha value is -2.87. The molecular formula is C17H25N6O9P. The van der Waals surface area contributed by atoms with E-state index in [4.69, 9.17) is 24.3 Å². The molecule has 3 rings (SSSR count). The van der Waals surface area contributed by atoms with E-state index in [0.29, 0.717) is 17.5 Å². The van der Waals surface area contributed by atoms with E-state index in [1.54, 1.807) is 0 Å². The molecule has 0 spiro atoms. The lowest BCUT2D eigenvalue weighted by molar-refractivity contribution is -0.146. The number of fused-ring (bicyclic) bond motifs is 1. The summed E-state index contributed by atoms with van der Waals surface area (Å²) in [5, 5.41) is 21.5. The molecule has 3 atom stereocenters. The fraction of sp³-hybridized carbons (Fsp3) is 0.647. The molecule has 0 amide bonds. The van der Waals surface area contributed by atoms with Crippen molar-refractivity contribution in [2.24, 2.45) is 0 Å². The molecular weight excluding hydrogens is 463 g/mol. The molecule has 182 valence electrons. The van der Waals surface area contributed by atoms with Gasteiger partial charge in [0.25, 0.3) is 11.3 Å². The summed E-state index contributed by atoms with van der Waals surface area (Å²) >= 11 is 0. The molecule has 0 saturated carbocycles. The van der Waals surface area contributed by atoms with Gasteiger partial charge in [0.05, 0.1) is 19.3 Å². The number of hydrogen-bond acceptors (Lipinski definition) is 12. The summed E-state index contributed by atoms with van der Waals surface area (Å²) in [6.45, 7) is 4.08. The van der Waals surface area contributed by atoms with Crippen molar-refractivity contribution in [1.82, 2.24) is 24.8 Å². The zero-order chi connectivity index (χ0) is 24.3. The highest BCUT2D eigenvalue weighted by molar-refractivity contribution is 7.55. The summed E-state index contributed by atoms with van der Waals surface area (Å²) in [4.78, 5) is 36.5. The minimum atomic E-state index is -4.32. The van der Waals surface area contributed by atoms with Gasteiger partial charge >= 0.3 is 19.5 Å². The maximum Gasteiger partial charge on any atom is 0.366 e. The van der Waals surface area contributed by atoms with Gasteiger partial charge in [-0.1, -0.05) is 5.21 Å². The number of nitrogen functional groups attached to an aromatic ring is 1. The van der Waals surface area contributed by atoms with Gasteiger partial charge in [-0.05, 0) is 26.7 Å². The van der Waals surface area contributed by atoms with Crippen LogP contribution in [0.25, 0.3) is 11.0 Å². The Balaban J connectivity index is 2.07. The Labute approximate surface area is 187 Å². The van der Waals surface area contributed by atoms with Gasteiger partial charge in [0.15, 0.2) is 23.1 Å². The molecule has 3 N–H and O–H groups in total. The lowest BCUT2D eigenvalue weighted by Gasteiger charge is -2.23. The molecule has 1 fully saturated rings. The summed E-state index contributed by atoms with van der Waals surface area (Å²) < 4.78 is 35.9. The van der Waals surface area contributed by atoms with Gasteiger partial charge in [-0.3, -0.25) is 14.2 Å². The molecule has 33 heavy (non-hydrogen) atoms. The Morgan fingerprint density at radius 2 is 1.97 bits per heavy atom. The van der Waals surface area contributed by atoms with Crippen molar-refractivity contribution in [2.45, 2.75) is 51.7 Å². The Morgan fingerprint density at radius 1 is 1.30 bits per heavy atom. The van der Waals surface area contributed by atoms with Crippen LogP contribution in [-0.4, -0.2) is 67.7 Å². The van der Waals surface area contributed by atoms with Gasteiger partial charge in [-0.2, -0.15) is 9.78 Å². The number of aromatic nitrogens is 5.